The normalized spacial score (nSPS) is 14.1. The van der Waals surface area contributed by atoms with Crippen LogP contribution in [0.15, 0.2) is 66.2 Å². The Morgan fingerprint density at radius 3 is 2.26 bits per heavy atom. The van der Waals surface area contributed by atoms with Crippen LogP contribution in [0.2, 0.25) is 5.02 Å². The monoisotopic (exact) mass is 592 g/mol. The van der Waals surface area contributed by atoms with Gasteiger partial charge in [0.15, 0.2) is 23.0 Å². The molecule has 1 aliphatic heterocycles. The summed E-state index contributed by atoms with van der Waals surface area (Å²) in [5.74, 6) is 0.235. The van der Waals surface area contributed by atoms with Gasteiger partial charge in [0.25, 0.3) is 11.8 Å². The molecule has 220 valence electrons. The Bertz CT molecular complexity index is 1470. The fourth-order valence-electron chi connectivity index (χ4n) is 4.24. The second kappa shape index (κ2) is 14.4. The summed E-state index contributed by atoms with van der Waals surface area (Å²) in [5.41, 5.74) is 1.78. The van der Waals surface area contributed by atoms with Gasteiger partial charge in [-0.25, -0.2) is 4.79 Å². The molecule has 0 aliphatic carbocycles. The molecule has 1 saturated heterocycles. The first kappa shape index (κ1) is 30.5. The number of rotatable bonds is 13. The van der Waals surface area contributed by atoms with Gasteiger partial charge in [-0.05, 0) is 67.3 Å². The van der Waals surface area contributed by atoms with Crippen LogP contribution in [0.4, 0.5) is 4.79 Å². The van der Waals surface area contributed by atoms with Crippen molar-refractivity contribution in [1.82, 2.24) is 10.2 Å². The predicted molar refractivity (Wildman–Crippen MR) is 159 cm³/mol. The number of ether oxygens (including phenoxy) is 4. The molecule has 42 heavy (non-hydrogen) atoms. The van der Waals surface area contributed by atoms with Gasteiger partial charge in [0.1, 0.15) is 12.2 Å². The summed E-state index contributed by atoms with van der Waals surface area (Å²) in [6, 6.07) is 17.2. The molecule has 3 aromatic carbocycles. The Labute approximate surface area is 250 Å². The van der Waals surface area contributed by atoms with E-state index in [1.54, 1.807) is 30.3 Å². The van der Waals surface area contributed by atoms with E-state index < -0.39 is 17.8 Å². The van der Waals surface area contributed by atoms with E-state index in [9.17, 15) is 14.4 Å². The van der Waals surface area contributed by atoms with Gasteiger partial charge in [0, 0.05) is 0 Å². The SMILES string of the molecule is CCCOc1ccc(CN2C(=O)NC(=O)/C(=C\c3cc(Cl)c(OCc4ccccc4)c(OCC)c3)C2=O)cc1OCC. The number of urea groups is 1. The van der Waals surface area contributed by atoms with Crippen molar-refractivity contribution < 1.29 is 33.3 Å². The number of imide groups is 2. The van der Waals surface area contributed by atoms with Gasteiger partial charge >= 0.3 is 6.03 Å². The highest BCUT2D eigenvalue weighted by Crippen LogP contribution is 2.38. The molecule has 4 amide bonds. The van der Waals surface area contributed by atoms with Crippen molar-refractivity contribution in [3.63, 3.8) is 0 Å². The van der Waals surface area contributed by atoms with Crippen LogP contribution in [-0.4, -0.2) is 42.6 Å². The smallest absolute Gasteiger partial charge is 0.331 e. The van der Waals surface area contributed by atoms with Gasteiger partial charge in [0.2, 0.25) is 0 Å². The lowest BCUT2D eigenvalue weighted by Crippen LogP contribution is -2.53. The molecular formula is C32H33ClN2O7. The summed E-state index contributed by atoms with van der Waals surface area (Å²) in [7, 11) is 0. The Balaban J connectivity index is 1.59. The summed E-state index contributed by atoms with van der Waals surface area (Å²) in [6.45, 7) is 7.15. The van der Waals surface area contributed by atoms with E-state index in [1.807, 2.05) is 51.1 Å². The lowest BCUT2D eigenvalue weighted by atomic mass is 10.1. The largest absolute Gasteiger partial charge is 0.490 e. The van der Waals surface area contributed by atoms with Crippen LogP contribution >= 0.6 is 11.6 Å². The van der Waals surface area contributed by atoms with Crippen molar-refractivity contribution in [3.8, 4) is 23.0 Å². The number of amides is 4. The average molecular weight is 593 g/mol. The van der Waals surface area contributed by atoms with Gasteiger partial charge in [0.05, 0.1) is 31.4 Å². The van der Waals surface area contributed by atoms with Crippen molar-refractivity contribution in [1.29, 1.82) is 0 Å². The Morgan fingerprint density at radius 2 is 1.55 bits per heavy atom. The molecule has 9 nitrogen and oxygen atoms in total. The van der Waals surface area contributed by atoms with Crippen LogP contribution in [-0.2, 0) is 22.7 Å². The van der Waals surface area contributed by atoms with E-state index in [0.29, 0.717) is 53.9 Å². The van der Waals surface area contributed by atoms with Crippen molar-refractivity contribution in [3.05, 3.63) is 87.9 Å². The number of barbiturate groups is 1. The Kier molecular flexibility index (Phi) is 10.4. The van der Waals surface area contributed by atoms with Crippen LogP contribution in [0.3, 0.4) is 0 Å². The van der Waals surface area contributed by atoms with Gasteiger partial charge in [-0.2, -0.15) is 0 Å². The number of hydrogen-bond acceptors (Lipinski definition) is 7. The lowest BCUT2D eigenvalue weighted by Gasteiger charge is -2.26. The second-order valence-electron chi connectivity index (χ2n) is 9.31. The highest BCUT2D eigenvalue weighted by atomic mass is 35.5. The average Bonchev–Trinajstić information content (AvgIpc) is 2.97. The zero-order valence-corrected chi connectivity index (χ0v) is 24.5. The molecule has 10 heteroatoms. The molecule has 0 bridgehead atoms. The van der Waals surface area contributed by atoms with Crippen LogP contribution < -0.4 is 24.3 Å². The number of carbonyl (C=O) groups excluding carboxylic acids is 3. The molecule has 1 heterocycles. The van der Waals surface area contributed by atoms with E-state index in [-0.39, 0.29) is 23.7 Å². The number of nitrogens with zero attached hydrogens (tertiary/aromatic N) is 1. The zero-order valence-electron chi connectivity index (χ0n) is 23.8. The van der Waals surface area contributed by atoms with Crippen molar-refractivity contribution in [2.45, 2.75) is 40.3 Å². The fraction of sp³-hybridized carbons (Fsp3) is 0.281. The highest BCUT2D eigenvalue weighted by molar-refractivity contribution is 6.33. The maximum absolute atomic E-state index is 13.4. The summed E-state index contributed by atoms with van der Waals surface area (Å²) in [4.78, 5) is 39.8. The molecule has 3 aromatic rings. The molecule has 0 spiro atoms. The number of hydrogen-bond donors (Lipinski definition) is 1. The van der Waals surface area contributed by atoms with Crippen LogP contribution in [0.5, 0.6) is 23.0 Å². The van der Waals surface area contributed by atoms with Crippen LogP contribution in [0.1, 0.15) is 43.9 Å². The van der Waals surface area contributed by atoms with Crippen LogP contribution in [0, 0.1) is 0 Å². The molecule has 1 N–H and O–H groups in total. The van der Waals surface area contributed by atoms with E-state index in [2.05, 4.69) is 5.32 Å². The minimum atomic E-state index is -0.816. The van der Waals surface area contributed by atoms with E-state index in [1.165, 1.54) is 6.08 Å². The summed E-state index contributed by atoms with van der Waals surface area (Å²) < 4.78 is 23.2. The second-order valence-corrected chi connectivity index (χ2v) is 9.72. The molecule has 1 aliphatic rings. The molecular weight excluding hydrogens is 560 g/mol. The fourth-order valence-corrected chi connectivity index (χ4v) is 4.51. The topological polar surface area (TPSA) is 103 Å². The number of halogens is 1. The minimum Gasteiger partial charge on any atom is -0.490 e. The van der Waals surface area contributed by atoms with Gasteiger partial charge in [-0.15, -0.1) is 0 Å². The predicted octanol–water partition coefficient (Wildman–Crippen LogP) is 6.17. The summed E-state index contributed by atoms with van der Waals surface area (Å²) in [5, 5.41) is 2.49. The minimum absolute atomic E-state index is 0.0827. The van der Waals surface area contributed by atoms with E-state index in [4.69, 9.17) is 30.5 Å². The number of nitrogens with one attached hydrogen (secondary N) is 1. The zero-order chi connectivity index (χ0) is 30.1. The van der Waals surface area contributed by atoms with Crippen molar-refractivity contribution >= 4 is 35.5 Å². The summed E-state index contributed by atoms with van der Waals surface area (Å²) in [6.07, 6.45) is 2.21. The third-order valence-electron chi connectivity index (χ3n) is 6.16. The lowest BCUT2D eigenvalue weighted by molar-refractivity contribution is -0.130. The summed E-state index contributed by atoms with van der Waals surface area (Å²) >= 11 is 6.56. The Morgan fingerprint density at radius 1 is 0.810 bits per heavy atom. The third-order valence-corrected chi connectivity index (χ3v) is 6.45. The third kappa shape index (κ3) is 7.41. The molecule has 0 atom stereocenters. The molecule has 4 rings (SSSR count). The number of carbonyl (C=O) groups is 3. The standard InChI is InChI=1S/C32H33ClN2O7/c1-4-14-41-26-13-12-22(17-27(26)39-5-2)19-35-31(37)24(30(36)34-32(35)38)15-23-16-25(33)29(28(18-23)40-6-3)42-20-21-10-8-7-9-11-21/h7-13,15-18H,4-6,14,19-20H2,1-3H3,(H,34,36,38)/b24-15+. The highest BCUT2D eigenvalue weighted by Gasteiger charge is 2.36. The first-order valence-corrected chi connectivity index (χ1v) is 14.1. The van der Waals surface area contributed by atoms with Crippen LogP contribution in [0.25, 0.3) is 6.08 Å². The van der Waals surface area contributed by atoms with Gasteiger partial charge < -0.3 is 18.9 Å². The van der Waals surface area contributed by atoms with Gasteiger partial charge in [-0.1, -0.05) is 54.9 Å². The molecule has 0 radical (unpaired) electrons. The quantitative estimate of drug-likeness (QED) is 0.187. The Hall–Kier alpha value is -4.50. The maximum atomic E-state index is 13.4. The van der Waals surface area contributed by atoms with E-state index in [0.717, 1.165) is 16.9 Å². The number of benzene rings is 3. The molecule has 1 fully saturated rings. The molecule has 0 saturated carbocycles. The van der Waals surface area contributed by atoms with Gasteiger partial charge in [-0.3, -0.25) is 19.8 Å². The first-order valence-electron chi connectivity index (χ1n) is 13.7. The molecule has 0 aromatic heterocycles. The molecule has 0 unspecified atom stereocenters. The van der Waals surface area contributed by atoms with E-state index >= 15 is 0 Å². The van der Waals surface area contributed by atoms with Crippen molar-refractivity contribution in [2.24, 2.45) is 0 Å². The van der Waals surface area contributed by atoms with Crippen molar-refractivity contribution in [2.75, 3.05) is 19.8 Å². The maximum Gasteiger partial charge on any atom is 0.331 e. The first-order chi connectivity index (χ1) is 20.3.